The zero-order valence-electron chi connectivity index (χ0n) is 11.1. The van der Waals surface area contributed by atoms with Crippen LogP contribution in [0.1, 0.15) is 16.1 Å². The Morgan fingerprint density at radius 1 is 1.05 bits per heavy atom. The molecule has 1 amide bonds. The molecule has 1 heterocycles. The summed E-state index contributed by atoms with van der Waals surface area (Å²) in [5.41, 5.74) is 0.579. The molecule has 1 aromatic heterocycles. The quantitative estimate of drug-likeness (QED) is 0.764. The summed E-state index contributed by atoms with van der Waals surface area (Å²) < 4.78 is 32.5. The van der Waals surface area contributed by atoms with Crippen LogP contribution < -0.4 is 5.32 Å². The van der Waals surface area contributed by atoms with E-state index in [1.54, 1.807) is 25.1 Å². The average Bonchev–Trinajstić information content (AvgIpc) is 2.81. The Morgan fingerprint density at radius 3 is 2.48 bits per heavy atom. The summed E-state index contributed by atoms with van der Waals surface area (Å²) in [4.78, 5) is 12.2. The number of rotatable bonds is 2. The summed E-state index contributed by atoms with van der Waals surface area (Å²) in [6, 6.07) is 10.3. The van der Waals surface area contributed by atoms with Gasteiger partial charge in [-0.1, -0.05) is 24.3 Å². The van der Waals surface area contributed by atoms with Crippen LogP contribution in [0.4, 0.5) is 14.5 Å². The molecular weight excluding hydrogens is 276 g/mol. The topological polar surface area (TPSA) is 42.2 Å². The van der Waals surface area contributed by atoms with Crippen LogP contribution in [0.15, 0.2) is 46.9 Å². The SMILES string of the molecule is Cc1c(C(=O)Nc2ccccc2F)oc2c(F)cccc12. The Bertz CT molecular complexity index is 839. The first-order valence-corrected chi connectivity index (χ1v) is 6.31. The van der Waals surface area contributed by atoms with Gasteiger partial charge in [-0.05, 0) is 25.1 Å². The molecule has 0 aliphatic rings. The first kappa shape index (κ1) is 13.3. The molecule has 3 rings (SSSR count). The fourth-order valence-corrected chi connectivity index (χ4v) is 2.17. The van der Waals surface area contributed by atoms with E-state index in [4.69, 9.17) is 4.42 Å². The van der Waals surface area contributed by atoms with Crippen LogP contribution >= 0.6 is 0 Å². The predicted molar refractivity (Wildman–Crippen MR) is 75.3 cm³/mol. The van der Waals surface area contributed by atoms with Crippen LogP contribution in [0.5, 0.6) is 0 Å². The molecule has 1 N–H and O–H groups in total. The van der Waals surface area contributed by atoms with Crippen molar-refractivity contribution >= 4 is 22.6 Å². The van der Waals surface area contributed by atoms with Crippen molar-refractivity contribution in [1.29, 1.82) is 0 Å². The Morgan fingerprint density at radius 2 is 1.76 bits per heavy atom. The molecule has 0 fully saturated rings. The standard InChI is InChI=1S/C16H11F2NO2/c1-9-10-5-4-7-12(18)15(10)21-14(9)16(20)19-13-8-3-2-6-11(13)17/h2-8H,1H3,(H,19,20). The zero-order chi connectivity index (χ0) is 15.0. The average molecular weight is 287 g/mol. The number of carbonyl (C=O) groups excluding carboxylic acids is 1. The van der Waals surface area contributed by atoms with Crippen molar-refractivity contribution < 1.29 is 18.0 Å². The molecule has 2 aromatic carbocycles. The third-order valence-corrected chi connectivity index (χ3v) is 3.24. The molecule has 5 heteroatoms. The smallest absolute Gasteiger partial charge is 0.291 e. The molecular formula is C16H11F2NO2. The van der Waals surface area contributed by atoms with E-state index in [1.807, 2.05) is 0 Å². The molecule has 21 heavy (non-hydrogen) atoms. The van der Waals surface area contributed by atoms with Gasteiger partial charge in [-0.15, -0.1) is 0 Å². The third kappa shape index (κ3) is 2.27. The monoisotopic (exact) mass is 287 g/mol. The zero-order valence-corrected chi connectivity index (χ0v) is 11.1. The Balaban J connectivity index is 2.01. The molecule has 0 saturated heterocycles. The van der Waals surface area contributed by atoms with Crippen LogP contribution in [0, 0.1) is 18.6 Å². The Labute approximate surface area is 119 Å². The highest BCUT2D eigenvalue weighted by Gasteiger charge is 2.20. The molecule has 0 radical (unpaired) electrons. The maximum atomic E-state index is 13.6. The van der Waals surface area contributed by atoms with E-state index in [1.165, 1.54) is 24.3 Å². The van der Waals surface area contributed by atoms with Gasteiger partial charge in [-0.2, -0.15) is 0 Å². The number of amides is 1. The van der Waals surface area contributed by atoms with Gasteiger partial charge in [-0.25, -0.2) is 8.78 Å². The van der Waals surface area contributed by atoms with Crippen molar-refractivity contribution in [1.82, 2.24) is 0 Å². The Kier molecular flexibility index (Phi) is 3.17. The molecule has 0 bridgehead atoms. The summed E-state index contributed by atoms with van der Waals surface area (Å²) in [6.07, 6.45) is 0. The second kappa shape index (κ2) is 5.01. The fraction of sp³-hybridized carbons (Fsp3) is 0.0625. The van der Waals surface area contributed by atoms with E-state index < -0.39 is 17.5 Å². The van der Waals surface area contributed by atoms with Crippen LogP contribution in [0.3, 0.4) is 0 Å². The van der Waals surface area contributed by atoms with Gasteiger partial charge in [0, 0.05) is 10.9 Å². The van der Waals surface area contributed by atoms with Gasteiger partial charge in [0.25, 0.3) is 5.91 Å². The second-order valence-electron chi connectivity index (χ2n) is 4.61. The number of fused-ring (bicyclic) bond motifs is 1. The minimum atomic E-state index is -0.617. The third-order valence-electron chi connectivity index (χ3n) is 3.24. The fourth-order valence-electron chi connectivity index (χ4n) is 2.17. The summed E-state index contributed by atoms with van der Waals surface area (Å²) in [5.74, 6) is -1.74. The lowest BCUT2D eigenvalue weighted by Crippen LogP contribution is -2.13. The normalized spacial score (nSPS) is 10.8. The summed E-state index contributed by atoms with van der Waals surface area (Å²) in [6.45, 7) is 1.65. The molecule has 106 valence electrons. The lowest BCUT2D eigenvalue weighted by Gasteiger charge is -2.04. The summed E-state index contributed by atoms with van der Waals surface area (Å²) in [5, 5.41) is 2.94. The minimum absolute atomic E-state index is 0.0219. The van der Waals surface area contributed by atoms with E-state index in [2.05, 4.69) is 5.32 Å². The van der Waals surface area contributed by atoms with Gasteiger partial charge in [0.1, 0.15) is 5.82 Å². The minimum Gasteiger partial charge on any atom is -0.448 e. The number of carbonyl (C=O) groups is 1. The number of anilines is 1. The summed E-state index contributed by atoms with van der Waals surface area (Å²) in [7, 11) is 0. The van der Waals surface area contributed by atoms with Crippen molar-refractivity contribution in [3.05, 3.63) is 65.4 Å². The first-order chi connectivity index (χ1) is 10.1. The van der Waals surface area contributed by atoms with Crippen molar-refractivity contribution in [2.24, 2.45) is 0 Å². The van der Waals surface area contributed by atoms with Gasteiger partial charge >= 0.3 is 0 Å². The number of nitrogens with one attached hydrogen (secondary N) is 1. The van der Waals surface area contributed by atoms with Crippen molar-refractivity contribution in [2.45, 2.75) is 6.92 Å². The predicted octanol–water partition coefficient (Wildman–Crippen LogP) is 4.27. The molecule has 0 unspecified atom stereocenters. The van der Waals surface area contributed by atoms with Crippen LogP contribution in [-0.4, -0.2) is 5.91 Å². The van der Waals surface area contributed by atoms with Crippen molar-refractivity contribution in [3.8, 4) is 0 Å². The van der Waals surface area contributed by atoms with Crippen LogP contribution in [-0.2, 0) is 0 Å². The molecule has 0 aliphatic carbocycles. The van der Waals surface area contributed by atoms with Gasteiger partial charge in [0.05, 0.1) is 5.69 Å². The molecule has 0 atom stereocenters. The molecule has 3 aromatic rings. The van der Waals surface area contributed by atoms with Gasteiger partial charge in [-0.3, -0.25) is 4.79 Å². The molecule has 0 spiro atoms. The van der Waals surface area contributed by atoms with Crippen molar-refractivity contribution in [2.75, 3.05) is 5.32 Å². The van der Waals surface area contributed by atoms with Gasteiger partial charge < -0.3 is 9.73 Å². The highest BCUT2D eigenvalue weighted by atomic mass is 19.1. The van der Waals surface area contributed by atoms with E-state index in [9.17, 15) is 13.6 Å². The van der Waals surface area contributed by atoms with Crippen LogP contribution in [0.25, 0.3) is 11.0 Å². The van der Waals surface area contributed by atoms with E-state index in [0.29, 0.717) is 10.9 Å². The van der Waals surface area contributed by atoms with Crippen molar-refractivity contribution in [3.63, 3.8) is 0 Å². The lowest BCUT2D eigenvalue weighted by atomic mass is 10.1. The summed E-state index contributed by atoms with van der Waals surface area (Å²) >= 11 is 0. The number of furan rings is 1. The Hall–Kier alpha value is -2.69. The first-order valence-electron chi connectivity index (χ1n) is 6.31. The van der Waals surface area contributed by atoms with Gasteiger partial charge in [0.2, 0.25) is 0 Å². The van der Waals surface area contributed by atoms with Crippen LogP contribution in [0.2, 0.25) is 0 Å². The van der Waals surface area contributed by atoms with E-state index in [0.717, 1.165) is 0 Å². The number of aryl methyl sites for hydroxylation is 1. The molecule has 3 nitrogen and oxygen atoms in total. The van der Waals surface area contributed by atoms with Gasteiger partial charge in [0.15, 0.2) is 17.2 Å². The highest BCUT2D eigenvalue weighted by Crippen LogP contribution is 2.28. The largest absolute Gasteiger partial charge is 0.448 e. The maximum Gasteiger partial charge on any atom is 0.291 e. The maximum absolute atomic E-state index is 13.6. The second-order valence-corrected chi connectivity index (χ2v) is 4.61. The lowest BCUT2D eigenvalue weighted by molar-refractivity contribution is 0.0997. The number of benzene rings is 2. The number of halogens is 2. The molecule has 0 saturated carbocycles. The number of hydrogen-bond donors (Lipinski definition) is 1. The highest BCUT2D eigenvalue weighted by molar-refractivity contribution is 6.06. The number of hydrogen-bond acceptors (Lipinski definition) is 2. The number of para-hydroxylation sites is 2. The van der Waals surface area contributed by atoms with E-state index >= 15 is 0 Å². The molecule has 0 aliphatic heterocycles. The van der Waals surface area contributed by atoms with E-state index in [-0.39, 0.29) is 17.0 Å².